The van der Waals surface area contributed by atoms with Crippen molar-refractivity contribution in [3.05, 3.63) is 60.0 Å². The topological polar surface area (TPSA) is 81.6 Å². The van der Waals surface area contributed by atoms with Crippen LogP contribution in [-0.4, -0.2) is 22.4 Å². The van der Waals surface area contributed by atoms with Gasteiger partial charge in [0.05, 0.1) is 18.4 Å². The number of rotatable bonds is 4. The first-order chi connectivity index (χ1) is 11.1. The number of fused-ring (bicyclic) bond motifs is 1. The number of aromatic nitrogens is 2. The van der Waals surface area contributed by atoms with E-state index in [0.717, 1.165) is 11.2 Å². The van der Waals surface area contributed by atoms with E-state index in [1.807, 2.05) is 41.9 Å². The molecule has 3 aromatic rings. The number of nitrogens with two attached hydrogens (primary N) is 1. The van der Waals surface area contributed by atoms with E-state index in [4.69, 9.17) is 10.5 Å². The number of hydrogen-bond donors (Lipinski definition) is 2. The third-order valence-electron chi connectivity index (χ3n) is 3.64. The quantitative estimate of drug-likeness (QED) is 0.776. The van der Waals surface area contributed by atoms with Crippen molar-refractivity contribution in [2.45, 2.75) is 13.0 Å². The Morgan fingerprint density at radius 3 is 2.91 bits per heavy atom. The second-order valence-corrected chi connectivity index (χ2v) is 5.31. The number of hydrogen-bond acceptors (Lipinski definition) is 4. The average molecular weight is 310 g/mol. The monoisotopic (exact) mass is 310 g/mol. The Kier molecular flexibility index (Phi) is 3.99. The Bertz CT molecular complexity index is 855. The van der Waals surface area contributed by atoms with E-state index >= 15 is 0 Å². The van der Waals surface area contributed by atoms with Gasteiger partial charge < -0.3 is 20.2 Å². The molecule has 0 aliphatic carbocycles. The molecule has 118 valence electrons. The summed E-state index contributed by atoms with van der Waals surface area (Å²) in [4.78, 5) is 16.8. The maximum absolute atomic E-state index is 12.6. The molecule has 0 saturated heterocycles. The molecular weight excluding hydrogens is 292 g/mol. The molecule has 0 fully saturated rings. The molecule has 0 spiro atoms. The van der Waals surface area contributed by atoms with Crippen LogP contribution in [0.3, 0.4) is 0 Å². The maximum Gasteiger partial charge on any atom is 0.259 e. The maximum atomic E-state index is 12.6. The molecule has 23 heavy (non-hydrogen) atoms. The highest BCUT2D eigenvalue weighted by molar-refractivity contribution is 6.06. The van der Waals surface area contributed by atoms with Crippen molar-refractivity contribution in [1.82, 2.24) is 9.38 Å². The smallest absolute Gasteiger partial charge is 0.259 e. The number of carbonyl (C=O) groups excluding carboxylic acids is 1. The SMILES string of the molecule is COc1ccc([C@H](C)N)cc1C(=O)Nc1ccc2nccn2c1. The molecule has 2 aromatic heterocycles. The molecule has 0 radical (unpaired) electrons. The number of methoxy groups -OCH3 is 1. The van der Waals surface area contributed by atoms with Crippen LogP contribution < -0.4 is 15.8 Å². The van der Waals surface area contributed by atoms with Crippen molar-refractivity contribution in [2.75, 3.05) is 12.4 Å². The van der Waals surface area contributed by atoms with Crippen molar-refractivity contribution in [1.29, 1.82) is 0 Å². The minimum absolute atomic E-state index is 0.158. The van der Waals surface area contributed by atoms with Gasteiger partial charge in [-0.05, 0) is 36.8 Å². The van der Waals surface area contributed by atoms with Crippen LogP contribution in [0.2, 0.25) is 0 Å². The molecule has 0 saturated carbocycles. The Hall–Kier alpha value is -2.86. The van der Waals surface area contributed by atoms with Gasteiger partial charge in [-0.1, -0.05) is 6.07 Å². The summed E-state index contributed by atoms with van der Waals surface area (Å²) in [7, 11) is 1.54. The van der Waals surface area contributed by atoms with Gasteiger partial charge in [-0.2, -0.15) is 0 Å². The van der Waals surface area contributed by atoms with Gasteiger partial charge in [-0.15, -0.1) is 0 Å². The molecule has 2 heterocycles. The molecule has 3 rings (SSSR count). The fraction of sp³-hybridized carbons (Fsp3) is 0.176. The average Bonchev–Trinajstić information content (AvgIpc) is 3.01. The molecule has 0 aliphatic heterocycles. The van der Waals surface area contributed by atoms with Crippen molar-refractivity contribution >= 4 is 17.2 Å². The number of benzene rings is 1. The lowest BCUT2D eigenvalue weighted by atomic mass is 10.0. The molecular formula is C17H18N4O2. The number of anilines is 1. The molecule has 1 atom stereocenters. The fourth-order valence-electron chi connectivity index (χ4n) is 2.38. The summed E-state index contributed by atoms with van der Waals surface area (Å²) in [6.45, 7) is 1.87. The molecule has 1 amide bonds. The van der Waals surface area contributed by atoms with Gasteiger partial charge in [0.25, 0.3) is 5.91 Å². The number of amides is 1. The van der Waals surface area contributed by atoms with Crippen LogP contribution in [-0.2, 0) is 0 Å². The summed E-state index contributed by atoms with van der Waals surface area (Å²) in [5.41, 5.74) is 8.72. The summed E-state index contributed by atoms with van der Waals surface area (Å²) in [5.74, 6) is 0.263. The normalized spacial score (nSPS) is 12.1. The lowest BCUT2D eigenvalue weighted by molar-refractivity contribution is 0.102. The van der Waals surface area contributed by atoms with E-state index in [1.54, 1.807) is 18.3 Å². The summed E-state index contributed by atoms with van der Waals surface area (Å²) in [6, 6.07) is 8.86. The largest absolute Gasteiger partial charge is 0.496 e. The van der Waals surface area contributed by atoms with Crippen molar-refractivity contribution in [2.24, 2.45) is 5.73 Å². The van der Waals surface area contributed by atoms with Crippen LogP contribution in [0.15, 0.2) is 48.9 Å². The van der Waals surface area contributed by atoms with Gasteiger partial charge in [0, 0.05) is 24.6 Å². The van der Waals surface area contributed by atoms with Gasteiger partial charge in [0.15, 0.2) is 0 Å². The third-order valence-corrected chi connectivity index (χ3v) is 3.64. The minimum atomic E-state index is -0.246. The van der Waals surface area contributed by atoms with Crippen molar-refractivity contribution in [3.63, 3.8) is 0 Å². The van der Waals surface area contributed by atoms with Crippen LogP contribution >= 0.6 is 0 Å². The summed E-state index contributed by atoms with van der Waals surface area (Å²) >= 11 is 0. The number of imidazole rings is 1. The minimum Gasteiger partial charge on any atom is -0.496 e. The molecule has 1 aromatic carbocycles. The van der Waals surface area contributed by atoms with Crippen LogP contribution in [0.1, 0.15) is 28.9 Å². The van der Waals surface area contributed by atoms with Crippen LogP contribution in [0, 0.1) is 0 Å². The zero-order valence-electron chi connectivity index (χ0n) is 13.0. The van der Waals surface area contributed by atoms with Gasteiger partial charge >= 0.3 is 0 Å². The van der Waals surface area contributed by atoms with E-state index in [1.165, 1.54) is 7.11 Å². The first-order valence-corrected chi connectivity index (χ1v) is 7.26. The Balaban J connectivity index is 1.91. The van der Waals surface area contributed by atoms with Crippen molar-refractivity contribution < 1.29 is 9.53 Å². The van der Waals surface area contributed by atoms with E-state index < -0.39 is 0 Å². The van der Waals surface area contributed by atoms with Gasteiger partial charge in [-0.25, -0.2) is 4.98 Å². The van der Waals surface area contributed by atoms with Crippen LogP contribution in [0.4, 0.5) is 5.69 Å². The number of nitrogens with zero attached hydrogens (tertiary/aromatic N) is 2. The number of pyridine rings is 1. The van der Waals surface area contributed by atoms with Crippen LogP contribution in [0.25, 0.3) is 5.65 Å². The van der Waals surface area contributed by atoms with E-state index in [9.17, 15) is 4.79 Å². The molecule has 0 bridgehead atoms. The summed E-state index contributed by atoms with van der Waals surface area (Å²) in [6.07, 6.45) is 5.33. The predicted octanol–water partition coefficient (Wildman–Crippen LogP) is 2.61. The Morgan fingerprint density at radius 2 is 2.17 bits per heavy atom. The lowest BCUT2D eigenvalue weighted by Crippen LogP contribution is -2.15. The van der Waals surface area contributed by atoms with Crippen molar-refractivity contribution in [3.8, 4) is 5.75 Å². The highest BCUT2D eigenvalue weighted by Crippen LogP contribution is 2.24. The standard InChI is InChI=1S/C17H18N4O2/c1-11(18)12-3-5-15(23-2)14(9-12)17(22)20-13-4-6-16-19-7-8-21(16)10-13/h3-11H,18H2,1-2H3,(H,20,22)/t11-/m0/s1. The highest BCUT2D eigenvalue weighted by atomic mass is 16.5. The number of ether oxygens (including phenoxy) is 1. The zero-order valence-corrected chi connectivity index (χ0v) is 13.0. The molecule has 0 aliphatic rings. The van der Waals surface area contributed by atoms with E-state index in [0.29, 0.717) is 17.0 Å². The van der Waals surface area contributed by atoms with E-state index in [2.05, 4.69) is 10.3 Å². The first kappa shape index (κ1) is 15.1. The van der Waals surface area contributed by atoms with Crippen LogP contribution in [0.5, 0.6) is 5.75 Å². The lowest BCUT2D eigenvalue weighted by Gasteiger charge is -2.13. The predicted molar refractivity (Wildman–Crippen MR) is 88.7 cm³/mol. The molecule has 0 unspecified atom stereocenters. The first-order valence-electron chi connectivity index (χ1n) is 7.26. The molecule has 6 nitrogen and oxygen atoms in total. The van der Waals surface area contributed by atoms with Gasteiger partial charge in [-0.3, -0.25) is 4.79 Å². The second kappa shape index (κ2) is 6.10. The van der Waals surface area contributed by atoms with Gasteiger partial charge in [0.1, 0.15) is 11.4 Å². The highest BCUT2D eigenvalue weighted by Gasteiger charge is 2.15. The molecule has 6 heteroatoms. The zero-order chi connectivity index (χ0) is 16.4. The summed E-state index contributed by atoms with van der Waals surface area (Å²) in [5, 5.41) is 2.87. The Labute approximate surface area is 133 Å². The Morgan fingerprint density at radius 1 is 1.35 bits per heavy atom. The third kappa shape index (κ3) is 3.02. The number of nitrogens with one attached hydrogen (secondary N) is 1. The number of carbonyl (C=O) groups is 1. The second-order valence-electron chi connectivity index (χ2n) is 5.31. The van der Waals surface area contributed by atoms with Gasteiger partial charge in [0.2, 0.25) is 0 Å². The molecule has 3 N–H and O–H groups in total. The summed E-state index contributed by atoms with van der Waals surface area (Å²) < 4.78 is 7.12. The fourth-order valence-corrected chi connectivity index (χ4v) is 2.38. The van der Waals surface area contributed by atoms with E-state index in [-0.39, 0.29) is 11.9 Å².